The summed E-state index contributed by atoms with van der Waals surface area (Å²) >= 11 is 0. The molecule has 0 aliphatic carbocycles. The highest BCUT2D eigenvalue weighted by atomic mass is 16.8. The molecule has 69 heavy (non-hydrogen) atoms. The minimum atomic E-state index is -1.71. The summed E-state index contributed by atoms with van der Waals surface area (Å²) in [6, 6.07) is 9.77. The van der Waals surface area contributed by atoms with E-state index in [1.54, 1.807) is 36.4 Å². The summed E-state index contributed by atoms with van der Waals surface area (Å²) in [6.45, 7) is 38.4. The standard InChI is InChI=1S/C54H75N3O12/c1-28(31-22-34(49(4,5)6)40(58)35(23-31)50(7,8)9)43(61)67-55-46(64)56(68-44(62)29(2)32-24-36(51(10,11)12)41(59)37(25-32)52(13,14)15)48(66)57(47(55)65)69-45(63)30(3)33-26-38(53(16,17)18)42(60)39(27-33)54(19,20)21/h22-30,58-60H,1-21H3. The fraction of sp³-hybridized carbons (Fsp3) is 0.556. The molecule has 4 aromatic rings. The highest BCUT2D eigenvalue weighted by Gasteiger charge is 2.35. The number of phenols is 3. The van der Waals surface area contributed by atoms with Gasteiger partial charge in [-0.1, -0.05) is 175 Å². The molecule has 0 radical (unpaired) electrons. The van der Waals surface area contributed by atoms with Crippen LogP contribution >= 0.6 is 0 Å². The van der Waals surface area contributed by atoms with Crippen molar-refractivity contribution in [1.82, 2.24) is 14.2 Å². The number of aromatic hydroxyl groups is 3. The summed E-state index contributed by atoms with van der Waals surface area (Å²) in [7, 11) is 0. The van der Waals surface area contributed by atoms with Crippen molar-refractivity contribution in [2.45, 2.75) is 196 Å². The zero-order valence-electron chi connectivity index (χ0n) is 44.6. The van der Waals surface area contributed by atoms with E-state index >= 15 is 0 Å². The van der Waals surface area contributed by atoms with Crippen molar-refractivity contribution in [2.75, 3.05) is 0 Å². The van der Waals surface area contributed by atoms with Gasteiger partial charge in [-0.15, -0.1) is 0 Å². The molecule has 15 heteroatoms. The van der Waals surface area contributed by atoms with Gasteiger partial charge in [-0.2, -0.15) is 0 Å². The van der Waals surface area contributed by atoms with E-state index in [-0.39, 0.29) is 31.4 Å². The Bertz CT molecular complexity index is 2410. The summed E-state index contributed by atoms with van der Waals surface area (Å²) in [5, 5.41) is 34.0. The Morgan fingerprint density at radius 1 is 0.362 bits per heavy atom. The number of benzene rings is 3. The van der Waals surface area contributed by atoms with Crippen molar-refractivity contribution in [3.8, 4) is 17.2 Å². The monoisotopic (exact) mass is 958 g/mol. The van der Waals surface area contributed by atoms with Gasteiger partial charge in [0.1, 0.15) is 17.2 Å². The lowest BCUT2D eigenvalue weighted by atomic mass is 9.77. The first-order chi connectivity index (χ1) is 31.0. The van der Waals surface area contributed by atoms with Crippen LogP contribution in [0.5, 0.6) is 17.2 Å². The highest BCUT2D eigenvalue weighted by Crippen LogP contribution is 2.44. The summed E-state index contributed by atoms with van der Waals surface area (Å²) < 4.78 is -0.381. The maximum Gasteiger partial charge on any atom is 0.405 e. The van der Waals surface area contributed by atoms with Gasteiger partial charge in [-0.25, -0.2) is 28.8 Å². The van der Waals surface area contributed by atoms with Gasteiger partial charge in [0.15, 0.2) is 0 Å². The van der Waals surface area contributed by atoms with Gasteiger partial charge in [0.2, 0.25) is 0 Å². The zero-order valence-corrected chi connectivity index (χ0v) is 44.6. The van der Waals surface area contributed by atoms with E-state index in [4.69, 9.17) is 14.5 Å². The third-order valence-corrected chi connectivity index (χ3v) is 12.4. The van der Waals surface area contributed by atoms with Gasteiger partial charge in [-0.05, 0) is 103 Å². The normalized spacial score (nSPS) is 14.2. The molecule has 15 nitrogen and oxygen atoms in total. The van der Waals surface area contributed by atoms with Crippen LogP contribution in [0.3, 0.4) is 0 Å². The average molecular weight is 958 g/mol. The molecular formula is C54H75N3O12. The number of nitrogens with zero attached hydrogens (tertiary/aromatic N) is 3. The second-order valence-electron chi connectivity index (χ2n) is 24.5. The first-order valence-corrected chi connectivity index (χ1v) is 23.3. The van der Waals surface area contributed by atoms with Crippen molar-refractivity contribution in [2.24, 2.45) is 0 Å². The molecule has 0 spiro atoms. The Hall–Kier alpha value is -6.12. The first-order valence-electron chi connectivity index (χ1n) is 23.3. The number of rotatable bonds is 9. The van der Waals surface area contributed by atoms with Gasteiger partial charge >= 0.3 is 35.0 Å². The fourth-order valence-electron chi connectivity index (χ4n) is 7.79. The van der Waals surface area contributed by atoms with Gasteiger partial charge in [0, 0.05) is 0 Å². The maximum absolute atomic E-state index is 14.2. The Morgan fingerprint density at radius 3 is 0.638 bits per heavy atom. The Balaban J connectivity index is 1.95. The van der Waals surface area contributed by atoms with E-state index in [1.807, 2.05) is 125 Å². The van der Waals surface area contributed by atoms with E-state index in [1.165, 1.54) is 20.8 Å². The van der Waals surface area contributed by atoms with Gasteiger partial charge in [-0.3, -0.25) is 0 Å². The molecule has 1 heterocycles. The quantitative estimate of drug-likeness (QED) is 0.145. The molecule has 3 N–H and O–H groups in total. The topological polar surface area (TPSA) is 206 Å². The molecule has 3 aromatic carbocycles. The number of carbonyl (C=O) groups is 3. The molecule has 0 saturated heterocycles. The summed E-state index contributed by atoms with van der Waals surface area (Å²) in [5.41, 5.74) is -4.39. The third kappa shape index (κ3) is 11.7. The lowest BCUT2D eigenvalue weighted by Crippen LogP contribution is -2.61. The van der Waals surface area contributed by atoms with Crippen molar-refractivity contribution in [3.05, 3.63) is 118 Å². The molecule has 0 aliphatic heterocycles. The van der Waals surface area contributed by atoms with Crippen LogP contribution in [0.15, 0.2) is 50.8 Å². The maximum atomic E-state index is 14.2. The molecule has 0 amide bonds. The van der Waals surface area contributed by atoms with Gasteiger partial charge in [0.05, 0.1) is 17.8 Å². The van der Waals surface area contributed by atoms with E-state index in [0.29, 0.717) is 50.1 Å². The van der Waals surface area contributed by atoms with Gasteiger partial charge in [0.25, 0.3) is 0 Å². The molecule has 1 aromatic heterocycles. The lowest BCUT2D eigenvalue weighted by Gasteiger charge is -2.29. The highest BCUT2D eigenvalue weighted by molar-refractivity contribution is 5.80. The molecule has 3 unspecified atom stereocenters. The van der Waals surface area contributed by atoms with Crippen LogP contribution in [-0.2, 0) is 46.9 Å². The second kappa shape index (κ2) is 18.7. The zero-order chi connectivity index (χ0) is 53.2. The Labute approximate surface area is 405 Å². The third-order valence-electron chi connectivity index (χ3n) is 12.4. The van der Waals surface area contributed by atoms with Crippen LogP contribution in [0.2, 0.25) is 0 Å². The van der Waals surface area contributed by atoms with Crippen molar-refractivity contribution < 1.29 is 44.2 Å². The van der Waals surface area contributed by atoms with Gasteiger partial charge < -0.3 is 29.8 Å². The summed E-state index contributed by atoms with van der Waals surface area (Å²) in [5.74, 6) is -6.98. The smallest absolute Gasteiger partial charge is 0.405 e. The van der Waals surface area contributed by atoms with Crippen LogP contribution in [0, 0.1) is 0 Å². The molecule has 0 bridgehead atoms. The van der Waals surface area contributed by atoms with Crippen LogP contribution in [0.4, 0.5) is 0 Å². The number of hydrogen-bond acceptors (Lipinski definition) is 12. The first kappa shape index (κ1) is 55.5. The van der Waals surface area contributed by atoms with Crippen LogP contribution in [-0.4, -0.2) is 47.4 Å². The molecule has 0 saturated carbocycles. The lowest BCUT2D eigenvalue weighted by molar-refractivity contribution is -0.154. The van der Waals surface area contributed by atoms with E-state index in [9.17, 15) is 44.1 Å². The number of hydrogen-bond donors (Lipinski definition) is 3. The SMILES string of the molecule is CC(C(=O)On1c(=O)n(OC(=O)C(C)c2cc(C(C)(C)C)c(O)c(C(C)(C)C)c2)c(=O)n(OC(=O)C(C)c2cc(C(C)(C)C)c(O)c(C(C)(C)C)c2)c1=O)c1cc(C(C)(C)C)c(O)c(C(C)(C)C)c1. The Kier molecular flexibility index (Phi) is 15.0. The number of aromatic nitrogens is 3. The summed E-state index contributed by atoms with van der Waals surface area (Å²) in [6.07, 6.45) is 0. The predicted molar refractivity (Wildman–Crippen MR) is 266 cm³/mol. The summed E-state index contributed by atoms with van der Waals surface area (Å²) in [4.78, 5) is 102. The minimum absolute atomic E-state index is 0.0470. The van der Waals surface area contributed by atoms with E-state index < -0.39 is 85.2 Å². The van der Waals surface area contributed by atoms with E-state index in [2.05, 4.69) is 0 Å². The minimum Gasteiger partial charge on any atom is -0.507 e. The van der Waals surface area contributed by atoms with Crippen molar-refractivity contribution in [1.29, 1.82) is 0 Å². The van der Waals surface area contributed by atoms with Crippen LogP contribution < -0.4 is 31.6 Å². The number of phenolic OH excluding ortho intramolecular Hbond substituents is 3. The largest absolute Gasteiger partial charge is 0.507 e. The predicted octanol–water partition coefficient (Wildman–Crippen LogP) is 8.35. The molecule has 378 valence electrons. The molecule has 3 atom stereocenters. The second-order valence-corrected chi connectivity index (χ2v) is 24.5. The molecular weight excluding hydrogens is 883 g/mol. The fourth-order valence-corrected chi connectivity index (χ4v) is 7.79. The van der Waals surface area contributed by atoms with Crippen LogP contribution in [0.1, 0.15) is 213 Å². The molecule has 0 fully saturated rings. The van der Waals surface area contributed by atoms with E-state index in [0.717, 1.165) is 0 Å². The average Bonchev–Trinajstić information content (AvgIpc) is 3.19. The van der Waals surface area contributed by atoms with Crippen molar-refractivity contribution >= 4 is 17.9 Å². The Morgan fingerprint density at radius 2 is 0.507 bits per heavy atom. The van der Waals surface area contributed by atoms with Crippen LogP contribution in [0.25, 0.3) is 0 Å². The van der Waals surface area contributed by atoms with Crippen molar-refractivity contribution in [3.63, 3.8) is 0 Å². The molecule has 0 aliphatic rings. The molecule has 4 rings (SSSR count). The number of carbonyl (C=O) groups excluding carboxylic acids is 3.